The molecule has 0 bridgehead atoms. The first kappa shape index (κ1) is 17.1. The maximum absolute atomic E-state index is 11.9. The van der Waals surface area contributed by atoms with Gasteiger partial charge in [-0.2, -0.15) is 5.10 Å². The van der Waals surface area contributed by atoms with Crippen molar-refractivity contribution in [2.24, 2.45) is 5.10 Å². The molecule has 0 saturated heterocycles. The number of allylic oxidation sites excluding steroid dienone is 1. The van der Waals surface area contributed by atoms with E-state index in [4.69, 9.17) is 0 Å². The predicted molar refractivity (Wildman–Crippen MR) is 96.8 cm³/mol. The molecule has 0 saturated carbocycles. The van der Waals surface area contributed by atoms with Gasteiger partial charge in [0, 0.05) is 23.9 Å². The molecular formula is C19H19N3O2. The van der Waals surface area contributed by atoms with E-state index in [0.29, 0.717) is 17.7 Å². The fourth-order valence-corrected chi connectivity index (χ4v) is 1.88. The molecule has 0 aliphatic carbocycles. The van der Waals surface area contributed by atoms with Crippen LogP contribution in [0, 0.1) is 0 Å². The Balaban J connectivity index is 1.85. The highest BCUT2D eigenvalue weighted by molar-refractivity contribution is 5.96. The monoisotopic (exact) mass is 321 g/mol. The Morgan fingerprint density at radius 3 is 2.42 bits per heavy atom. The minimum absolute atomic E-state index is 0.0676. The second kappa shape index (κ2) is 9.05. The van der Waals surface area contributed by atoms with Gasteiger partial charge in [0.15, 0.2) is 0 Å². The van der Waals surface area contributed by atoms with Crippen LogP contribution < -0.4 is 10.7 Å². The van der Waals surface area contributed by atoms with Crippen LogP contribution in [0.15, 0.2) is 65.8 Å². The molecule has 0 aliphatic rings. The Morgan fingerprint density at radius 2 is 1.75 bits per heavy atom. The molecule has 0 unspecified atom stereocenters. The third kappa shape index (κ3) is 5.53. The molecular weight excluding hydrogens is 302 g/mol. The Hall–Kier alpha value is -3.21. The summed E-state index contributed by atoms with van der Waals surface area (Å²) in [7, 11) is 0. The first-order valence-corrected chi connectivity index (χ1v) is 7.64. The number of hydrogen-bond donors (Lipinski definition) is 2. The van der Waals surface area contributed by atoms with Crippen molar-refractivity contribution in [3.63, 3.8) is 0 Å². The minimum atomic E-state index is -0.312. The van der Waals surface area contributed by atoms with Crippen LogP contribution in [-0.2, 0) is 4.79 Å². The molecule has 0 aliphatic heterocycles. The Morgan fingerprint density at radius 1 is 1.04 bits per heavy atom. The van der Waals surface area contributed by atoms with Crippen molar-refractivity contribution in [2.75, 3.05) is 5.32 Å². The van der Waals surface area contributed by atoms with Crippen molar-refractivity contribution in [3.05, 3.63) is 71.8 Å². The molecule has 0 aromatic heterocycles. The minimum Gasteiger partial charge on any atom is -0.326 e. The molecule has 0 spiro atoms. The van der Waals surface area contributed by atoms with Crippen molar-refractivity contribution in [1.82, 2.24) is 5.43 Å². The normalized spacial score (nSPS) is 10.9. The molecule has 122 valence electrons. The highest BCUT2D eigenvalue weighted by Crippen LogP contribution is 2.09. The molecule has 0 heterocycles. The average molecular weight is 321 g/mol. The van der Waals surface area contributed by atoms with E-state index in [9.17, 15) is 9.59 Å². The smallest absolute Gasteiger partial charge is 0.271 e. The summed E-state index contributed by atoms with van der Waals surface area (Å²) < 4.78 is 0. The van der Waals surface area contributed by atoms with Gasteiger partial charge in [-0.25, -0.2) is 5.43 Å². The summed E-state index contributed by atoms with van der Waals surface area (Å²) in [6, 6.07) is 16.4. The lowest BCUT2D eigenvalue weighted by Gasteiger charge is -2.04. The average Bonchev–Trinajstić information content (AvgIpc) is 2.62. The molecule has 0 radical (unpaired) electrons. The number of benzene rings is 2. The second-order valence-corrected chi connectivity index (χ2v) is 4.97. The SMILES string of the molecule is CCC(=O)Nc1ccc(C(=O)N/N=C\C=C\c2ccccc2)cc1. The zero-order valence-electron chi connectivity index (χ0n) is 13.4. The van der Waals surface area contributed by atoms with E-state index in [1.54, 1.807) is 37.3 Å². The highest BCUT2D eigenvalue weighted by atomic mass is 16.2. The van der Waals surface area contributed by atoms with E-state index in [0.717, 1.165) is 5.56 Å². The summed E-state index contributed by atoms with van der Waals surface area (Å²) >= 11 is 0. The zero-order valence-corrected chi connectivity index (χ0v) is 13.4. The lowest BCUT2D eigenvalue weighted by Crippen LogP contribution is -2.17. The largest absolute Gasteiger partial charge is 0.326 e. The lowest BCUT2D eigenvalue weighted by molar-refractivity contribution is -0.115. The van der Waals surface area contributed by atoms with Crippen LogP contribution in [0.25, 0.3) is 6.08 Å². The summed E-state index contributed by atoms with van der Waals surface area (Å²) in [5.74, 6) is -0.380. The van der Waals surface area contributed by atoms with Crippen molar-refractivity contribution in [3.8, 4) is 0 Å². The number of anilines is 1. The molecule has 2 rings (SSSR count). The van der Waals surface area contributed by atoms with Crippen molar-refractivity contribution >= 4 is 29.8 Å². The third-order valence-electron chi connectivity index (χ3n) is 3.17. The second-order valence-electron chi connectivity index (χ2n) is 4.97. The van der Waals surface area contributed by atoms with E-state index in [-0.39, 0.29) is 11.8 Å². The van der Waals surface area contributed by atoms with Gasteiger partial charge in [-0.15, -0.1) is 0 Å². The van der Waals surface area contributed by atoms with E-state index in [1.165, 1.54) is 6.21 Å². The van der Waals surface area contributed by atoms with E-state index >= 15 is 0 Å². The van der Waals surface area contributed by atoms with Gasteiger partial charge in [0.25, 0.3) is 5.91 Å². The Bertz CT molecular complexity index is 735. The van der Waals surface area contributed by atoms with Gasteiger partial charge in [0.1, 0.15) is 0 Å². The number of nitrogens with zero attached hydrogens (tertiary/aromatic N) is 1. The summed E-state index contributed by atoms with van der Waals surface area (Å²) in [5.41, 5.74) is 4.63. The summed E-state index contributed by atoms with van der Waals surface area (Å²) in [5, 5.41) is 6.59. The van der Waals surface area contributed by atoms with E-state index in [1.807, 2.05) is 36.4 Å². The van der Waals surface area contributed by atoms with E-state index in [2.05, 4.69) is 15.8 Å². The number of hydrazone groups is 1. The Kier molecular flexibility index (Phi) is 6.46. The molecule has 5 heteroatoms. The van der Waals surface area contributed by atoms with Crippen molar-refractivity contribution < 1.29 is 9.59 Å². The standard InChI is InChI=1S/C19H19N3O2/c1-2-18(23)21-17-12-10-16(11-13-17)19(24)22-20-14-6-9-15-7-4-3-5-8-15/h3-14H,2H2,1H3,(H,21,23)(H,22,24)/b9-6+,20-14-. The zero-order chi connectivity index (χ0) is 17.2. The number of carbonyl (C=O) groups is 2. The molecule has 2 amide bonds. The molecule has 0 atom stereocenters. The number of hydrogen-bond acceptors (Lipinski definition) is 3. The molecule has 2 aromatic carbocycles. The van der Waals surface area contributed by atoms with Gasteiger partial charge in [0.05, 0.1) is 0 Å². The maximum atomic E-state index is 11.9. The van der Waals surface area contributed by atoms with Crippen LogP contribution in [-0.4, -0.2) is 18.0 Å². The summed E-state index contributed by atoms with van der Waals surface area (Å²) in [6.07, 6.45) is 5.56. The van der Waals surface area contributed by atoms with Gasteiger partial charge in [-0.1, -0.05) is 43.3 Å². The number of rotatable bonds is 6. The summed E-state index contributed by atoms with van der Waals surface area (Å²) in [6.45, 7) is 1.78. The van der Waals surface area contributed by atoms with Gasteiger partial charge < -0.3 is 5.32 Å². The van der Waals surface area contributed by atoms with Crippen molar-refractivity contribution in [2.45, 2.75) is 13.3 Å². The van der Waals surface area contributed by atoms with Gasteiger partial charge in [0.2, 0.25) is 5.91 Å². The van der Waals surface area contributed by atoms with E-state index < -0.39 is 0 Å². The highest BCUT2D eigenvalue weighted by Gasteiger charge is 2.04. The van der Waals surface area contributed by atoms with Gasteiger partial charge >= 0.3 is 0 Å². The maximum Gasteiger partial charge on any atom is 0.271 e. The fraction of sp³-hybridized carbons (Fsp3) is 0.105. The van der Waals surface area contributed by atoms with Crippen molar-refractivity contribution in [1.29, 1.82) is 0 Å². The van der Waals surface area contributed by atoms with Crippen LogP contribution in [0.3, 0.4) is 0 Å². The molecule has 2 N–H and O–H groups in total. The van der Waals surface area contributed by atoms with Crippen LogP contribution in [0.2, 0.25) is 0 Å². The quantitative estimate of drug-likeness (QED) is 0.632. The van der Waals surface area contributed by atoms with Gasteiger partial charge in [-0.3, -0.25) is 9.59 Å². The van der Waals surface area contributed by atoms with Crippen LogP contribution in [0.1, 0.15) is 29.3 Å². The van der Waals surface area contributed by atoms with Crippen LogP contribution in [0.4, 0.5) is 5.69 Å². The van der Waals surface area contributed by atoms with Gasteiger partial charge in [-0.05, 0) is 35.9 Å². The summed E-state index contributed by atoms with van der Waals surface area (Å²) in [4.78, 5) is 23.2. The number of carbonyl (C=O) groups excluding carboxylic acids is 2. The third-order valence-corrected chi connectivity index (χ3v) is 3.17. The Labute approximate surface area is 141 Å². The fourth-order valence-electron chi connectivity index (χ4n) is 1.88. The number of amides is 2. The van der Waals surface area contributed by atoms with Crippen LogP contribution >= 0.6 is 0 Å². The molecule has 2 aromatic rings. The number of nitrogens with one attached hydrogen (secondary N) is 2. The molecule has 5 nitrogen and oxygen atoms in total. The molecule has 0 fully saturated rings. The first-order chi connectivity index (χ1) is 11.7. The molecule has 24 heavy (non-hydrogen) atoms. The topological polar surface area (TPSA) is 70.6 Å². The van der Waals surface area contributed by atoms with Crippen LogP contribution in [0.5, 0.6) is 0 Å². The first-order valence-electron chi connectivity index (χ1n) is 7.64. The lowest BCUT2D eigenvalue weighted by atomic mass is 10.2. The predicted octanol–water partition coefficient (Wildman–Crippen LogP) is 3.46.